The van der Waals surface area contributed by atoms with E-state index in [9.17, 15) is 9.90 Å². The number of carboxylic acids is 1. The molecule has 0 radical (unpaired) electrons. The third-order valence-corrected chi connectivity index (χ3v) is 5.66. The van der Waals surface area contributed by atoms with Crippen LogP contribution in [0.2, 0.25) is 5.02 Å². The van der Waals surface area contributed by atoms with E-state index in [2.05, 4.69) is 21.8 Å². The first-order valence-electron chi connectivity index (χ1n) is 7.92. The van der Waals surface area contributed by atoms with E-state index in [4.69, 9.17) is 16.7 Å². The zero-order valence-electron chi connectivity index (χ0n) is 13.2. The molecule has 0 amide bonds. The lowest BCUT2D eigenvalue weighted by Crippen LogP contribution is -2.61. The van der Waals surface area contributed by atoms with Crippen molar-refractivity contribution in [2.75, 3.05) is 38.2 Å². The van der Waals surface area contributed by atoms with Gasteiger partial charge in [0.05, 0.1) is 17.2 Å². The smallest absolute Gasteiger partial charge is 0.337 e. The molecule has 23 heavy (non-hydrogen) atoms. The van der Waals surface area contributed by atoms with Crippen molar-refractivity contribution < 1.29 is 15.0 Å². The van der Waals surface area contributed by atoms with Gasteiger partial charge in [-0.25, -0.2) is 9.78 Å². The predicted molar refractivity (Wildman–Crippen MR) is 88.2 cm³/mol. The lowest BCUT2D eigenvalue weighted by Gasteiger charge is -2.53. The average Bonchev–Trinajstić information content (AvgIpc) is 2.55. The quantitative estimate of drug-likeness (QED) is 0.873. The fourth-order valence-corrected chi connectivity index (χ4v) is 4.27. The van der Waals surface area contributed by atoms with Crippen LogP contribution in [-0.4, -0.2) is 65.4 Å². The molecule has 1 aromatic heterocycles. The molecule has 7 heteroatoms. The number of likely N-dealkylation sites (tertiary alicyclic amines) is 1. The molecule has 2 N–H and O–H groups in total. The molecule has 126 valence electrons. The first kappa shape index (κ1) is 16.5. The number of rotatable bonds is 3. The van der Waals surface area contributed by atoms with Crippen LogP contribution in [-0.2, 0) is 0 Å². The second-order valence-electron chi connectivity index (χ2n) is 6.65. The number of carbonyl (C=O) groups is 1. The molecule has 2 aliphatic heterocycles. The number of hydrogen-bond donors (Lipinski definition) is 2. The zero-order valence-corrected chi connectivity index (χ0v) is 14.0. The number of fused-ring (bicyclic) bond motifs is 1. The first-order valence-corrected chi connectivity index (χ1v) is 8.29. The van der Waals surface area contributed by atoms with Crippen LogP contribution in [0.3, 0.4) is 0 Å². The largest absolute Gasteiger partial charge is 0.478 e. The number of aliphatic hydroxyl groups is 1. The molecule has 3 rings (SSSR count). The molecule has 0 aliphatic carbocycles. The Bertz CT molecular complexity index is 612. The Kier molecular flexibility index (Phi) is 4.49. The van der Waals surface area contributed by atoms with E-state index < -0.39 is 5.97 Å². The van der Waals surface area contributed by atoms with E-state index in [1.165, 1.54) is 12.3 Å². The zero-order chi connectivity index (χ0) is 16.6. The van der Waals surface area contributed by atoms with Crippen LogP contribution < -0.4 is 4.90 Å². The van der Waals surface area contributed by atoms with Crippen molar-refractivity contribution >= 4 is 23.4 Å². The van der Waals surface area contributed by atoms with Gasteiger partial charge in [0.1, 0.15) is 5.82 Å². The van der Waals surface area contributed by atoms with Gasteiger partial charge in [-0.15, -0.1) is 0 Å². The summed E-state index contributed by atoms with van der Waals surface area (Å²) < 4.78 is 0. The monoisotopic (exact) mass is 339 g/mol. The summed E-state index contributed by atoms with van der Waals surface area (Å²) in [7, 11) is 2.10. The Labute approximate surface area is 140 Å². The van der Waals surface area contributed by atoms with E-state index in [1.54, 1.807) is 0 Å². The van der Waals surface area contributed by atoms with Gasteiger partial charge in [0, 0.05) is 30.7 Å². The molecular weight excluding hydrogens is 318 g/mol. The molecule has 0 saturated carbocycles. The molecule has 2 atom stereocenters. The molecule has 0 bridgehead atoms. The molecule has 0 unspecified atom stereocenters. The Morgan fingerprint density at radius 2 is 2.26 bits per heavy atom. The topological polar surface area (TPSA) is 76.9 Å². The van der Waals surface area contributed by atoms with Crippen molar-refractivity contribution in [1.29, 1.82) is 0 Å². The number of aromatic nitrogens is 1. The van der Waals surface area contributed by atoms with Gasteiger partial charge in [-0.1, -0.05) is 11.6 Å². The normalized spacial score (nSPS) is 28.5. The molecule has 0 spiro atoms. The highest BCUT2D eigenvalue weighted by atomic mass is 35.5. The third kappa shape index (κ3) is 2.91. The fraction of sp³-hybridized carbons (Fsp3) is 0.625. The molecule has 2 aliphatic rings. The Hall–Kier alpha value is -1.37. The standard InChI is InChI=1S/C16H22ClN3O3/c1-19-5-2-3-16(10-21)4-6-20(9-13(16)19)14-12(17)7-11(8-18-14)15(22)23/h7-8,13,21H,2-6,9-10H2,1H3,(H,22,23)/t13-,16-/m1/s1. The predicted octanol–water partition coefficient (Wildman–Crippen LogP) is 1.72. The van der Waals surface area contributed by atoms with Gasteiger partial charge >= 0.3 is 5.97 Å². The Morgan fingerprint density at radius 1 is 1.48 bits per heavy atom. The molecule has 1 aromatic rings. The van der Waals surface area contributed by atoms with Gasteiger partial charge in [-0.05, 0) is 38.9 Å². The number of halogens is 1. The minimum absolute atomic E-state index is 0.0447. The SMILES string of the molecule is CN1CCC[C@]2(CO)CCN(c3ncc(C(=O)O)cc3Cl)C[C@@H]12. The summed E-state index contributed by atoms with van der Waals surface area (Å²) in [6.07, 6.45) is 4.39. The molecule has 3 heterocycles. The number of likely N-dealkylation sites (N-methyl/N-ethyl adjacent to an activating group) is 1. The summed E-state index contributed by atoms with van der Waals surface area (Å²) in [5.41, 5.74) is 0.0482. The van der Waals surface area contributed by atoms with Gasteiger partial charge in [-0.2, -0.15) is 0 Å². The maximum atomic E-state index is 11.0. The number of hydrogen-bond acceptors (Lipinski definition) is 5. The molecule has 2 saturated heterocycles. The molecule has 2 fully saturated rings. The van der Waals surface area contributed by atoms with E-state index in [-0.39, 0.29) is 23.6 Å². The molecule has 0 aromatic carbocycles. The van der Waals surface area contributed by atoms with Gasteiger partial charge < -0.3 is 20.0 Å². The Balaban J connectivity index is 1.85. The van der Waals surface area contributed by atoms with Crippen molar-refractivity contribution in [2.24, 2.45) is 5.41 Å². The number of nitrogens with zero attached hydrogens (tertiary/aromatic N) is 3. The summed E-state index contributed by atoms with van der Waals surface area (Å²) in [5.74, 6) is -0.405. The van der Waals surface area contributed by atoms with Gasteiger partial charge in [-0.3, -0.25) is 0 Å². The van der Waals surface area contributed by atoms with Gasteiger partial charge in [0.25, 0.3) is 0 Å². The van der Waals surface area contributed by atoms with E-state index >= 15 is 0 Å². The highest BCUT2D eigenvalue weighted by molar-refractivity contribution is 6.33. The minimum atomic E-state index is -1.03. The maximum Gasteiger partial charge on any atom is 0.337 e. The number of pyridine rings is 1. The summed E-state index contributed by atoms with van der Waals surface area (Å²) >= 11 is 6.26. The fourth-order valence-electron chi connectivity index (χ4n) is 3.99. The number of aromatic carboxylic acids is 1. The number of anilines is 1. The molecule has 6 nitrogen and oxygen atoms in total. The minimum Gasteiger partial charge on any atom is -0.478 e. The van der Waals surface area contributed by atoms with Crippen LogP contribution in [0, 0.1) is 5.41 Å². The average molecular weight is 340 g/mol. The van der Waals surface area contributed by atoms with Crippen molar-refractivity contribution in [1.82, 2.24) is 9.88 Å². The maximum absolute atomic E-state index is 11.0. The lowest BCUT2D eigenvalue weighted by atomic mass is 9.69. The van der Waals surface area contributed by atoms with E-state index in [1.807, 2.05) is 0 Å². The summed E-state index contributed by atoms with van der Waals surface area (Å²) in [4.78, 5) is 19.7. The summed E-state index contributed by atoms with van der Waals surface area (Å²) in [6, 6.07) is 1.71. The highest BCUT2D eigenvalue weighted by Crippen LogP contribution is 2.42. The van der Waals surface area contributed by atoms with Crippen LogP contribution in [0.25, 0.3) is 0 Å². The second-order valence-corrected chi connectivity index (χ2v) is 7.06. The van der Waals surface area contributed by atoms with Crippen molar-refractivity contribution in [2.45, 2.75) is 25.3 Å². The van der Waals surface area contributed by atoms with Crippen LogP contribution >= 0.6 is 11.6 Å². The lowest BCUT2D eigenvalue weighted by molar-refractivity contribution is -0.0277. The summed E-state index contributed by atoms with van der Waals surface area (Å²) in [6.45, 7) is 2.74. The van der Waals surface area contributed by atoms with Crippen LogP contribution in [0.5, 0.6) is 0 Å². The van der Waals surface area contributed by atoms with Crippen molar-refractivity contribution in [3.05, 3.63) is 22.8 Å². The van der Waals surface area contributed by atoms with Crippen molar-refractivity contribution in [3.8, 4) is 0 Å². The highest BCUT2D eigenvalue weighted by Gasteiger charge is 2.46. The second kappa shape index (κ2) is 6.26. The molecular formula is C16H22ClN3O3. The van der Waals surface area contributed by atoms with Gasteiger partial charge in [0.15, 0.2) is 0 Å². The number of carboxylic acid groups (broad SMARTS) is 1. The van der Waals surface area contributed by atoms with Crippen LogP contribution in [0.4, 0.5) is 5.82 Å². The van der Waals surface area contributed by atoms with Crippen LogP contribution in [0.1, 0.15) is 29.6 Å². The number of piperidine rings is 2. The van der Waals surface area contributed by atoms with Crippen LogP contribution in [0.15, 0.2) is 12.3 Å². The van der Waals surface area contributed by atoms with E-state index in [0.29, 0.717) is 10.8 Å². The van der Waals surface area contributed by atoms with E-state index in [0.717, 1.165) is 38.9 Å². The van der Waals surface area contributed by atoms with Gasteiger partial charge in [0.2, 0.25) is 0 Å². The summed E-state index contributed by atoms with van der Waals surface area (Å²) in [5, 5.41) is 19.3. The number of aliphatic hydroxyl groups excluding tert-OH is 1. The third-order valence-electron chi connectivity index (χ3n) is 5.38. The first-order chi connectivity index (χ1) is 11.0. The van der Waals surface area contributed by atoms with Crippen molar-refractivity contribution in [3.63, 3.8) is 0 Å². The Morgan fingerprint density at radius 3 is 2.91 bits per heavy atom.